The van der Waals surface area contributed by atoms with Crippen LogP contribution >= 0.6 is 15.9 Å². The number of halogens is 1. The van der Waals surface area contributed by atoms with Gasteiger partial charge in [0.05, 0.1) is 18.7 Å². The summed E-state index contributed by atoms with van der Waals surface area (Å²) < 4.78 is 0.705. The topological polar surface area (TPSA) is 62.6 Å². The van der Waals surface area contributed by atoms with E-state index >= 15 is 0 Å². The van der Waals surface area contributed by atoms with Crippen molar-refractivity contribution in [3.8, 4) is 0 Å². The standard InChI is InChI=1S/C16H22BrN3O2/c17-14-9-5-4-8-13(14)16(22)19-18-15(21)12-20-10-6-2-1-3-7-11-20/h4-5,8-9H,1-3,6-7,10-12H2,(H,18,21)(H,19,22)/p+1. The van der Waals surface area contributed by atoms with Crippen LogP contribution in [0.25, 0.3) is 0 Å². The van der Waals surface area contributed by atoms with Crippen molar-refractivity contribution in [3.63, 3.8) is 0 Å². The van der Waals surface area contributed by atoms with Crippen LogP contribution in [0.4, 0.5) is 0 Å². The van der Waals surface area contributed by atoms with Gasteiger partial charge in [0.15, 0.2) is 6.54 Å². The number of likely N-dealkylation sites (tertiary alicyclic amines) is 1. The van der Waals surface area contributed by atoms with E-state index in [2.05, 4.69) is 26.8 Å². The molecule has 5 nitrogen and oxygen atoms in total. The molecule has 0 unspecified atom stereocenters. The second-order valence-corrected chi connectivity index (χ2v) is 6.53. The number of benzene rings is 1. The van der Waals surface area contributed by atoms with E-state index in [4.69, 9.17) is 0 Å². The minimum atomic E-state index is -0.316. The quantitative estimate of drug-likeness (QED) is 0.698. The first kappa shape index (κ1) is 17.0. The third-order valence-electron chi connectivity index (χ3n) is 3.91. The van der Waals surface area contributed by atoms with E-state index < -0.39 is 0 Å². The number of hydrazine groups is 1. The van der Waals surface area contributed by atoms with E-state index in [-0.39, 0.29) is 11.8 Å². The van der Waals surface area contributed by atoms with Crippen molar-refractivity contribution in [2.45, 2.75) is 32.1 Å². The van der Waals surface area contributed by atoms with Crippen molar-refractivity contribution >= 4 is 27.7 Å². The molecule has 1 aromatic rings. The fourth-order valence-electron chi connectivity index (χ4n) is 2.69. The molecule has 0 saturated carbocycles. The van der Waals surface area contributed by atoms with Crippen LogP contribution in [-0.4, -0.2) is 31.4 Å². The molecule has 1 aliphatic rings. The summed E-state index contributed by atoms with van der Waals surface area (Å²) in [5, 5.41) is 0. The summed E-state index contributed by atoms with van der Waals surface area (Å²) in [6.07, 6.45) is 6.16. The molecule has 1 aromatic carbocycles. The van der Waals surface area contributed by atoms with Gasteiger partial charge in [-0.2, -0.15) is 0 Å². The van der Waals surface area contributed by atoms with Crippen LogP contribution in [0.1, 0.15) is 42.5 Å². The molecule has 1 fully saturated rings. The molecule has 0 spiro atoms. The maximum atomic E-state index is 12.0. The molecule has 0 atom stereocenters. The summed E-state index contributed by atoms with van der Waals surface area (Å²) >= 11 is 3.32. The highest BCUT2D eigenvalue weighted by atomic mass is 79.9. The predicted octanol–water partition coefficient (Wildman–Crippen LogP) is 1.06. The lowest BCUT2D eigenvalue weighted by atomic mass is 10.1. The average molecular weight is 369 g/mol. The SMILES string of the molecule is O=C(C[NH+]1CCCCCCC1)NNC(=O)c1ccccc1Br. The van der Waals surface area contributed by atoms with Gasteiger partial charge in [-0.25, -0.2) is 0 Å². The van der Waals surface area contributed by atoms with Gasteiger partial charge in [-0.1, -0.05) is 18.6 Å². The molecule has 0 radical (unpaired) electrons. The zero-order valence-electron chi connectivity index (χ0n) is 12.7. The van der Waals surface area contributed by atoms with Crippen LogP contribution in [0.5, 0.6) is 0 Å². The van der Waals surface area contributed by atoms with Crippen molar-refractivity contribution in [1.82, 2.24) is 10.9 Å². The van der Waals surface area contributed by atoms with E-state index in [1.54, 1.807) is 18.2 Å². The van der Waals surface area contributed by atoms with Crippen LogP contribution in [0.15, 0.2) is 28.7 Å². The number of rotatable bonds is 3. The van der Waals surface area contributed by atoms with E-state index in [0.717, 1.165) is 13.1 Å². The molecule has 2 amide bonds. The second-order valence-electron chi connectivity index (χ2n) is 5.68. The zero-order valence-corrected chi connectivity index (χ0v) is 14.2. The lowest BCUT2D eigenvalue weighted by molar-refractivity contribution is -0.893. The molecule has 0 bridgehead atoms. The highest BCUT2D eigenvalue weighted by molar-refractivity contribution is 9.10. The Morgan fingerprint density at radius 3 is 2.32 bits per heavy atom. The van der Waals surface area contributed by atoms with Crippen LogP contribution < -0.4 is 15.8 Å². The van der Waals surface area contributed by atoms with Crippen LogP contribution in [-0.2, 0) is 4.79 Å². The maximum Gasteiger partial charge on any atom is 0.293 e. The Kier molecular flexibility index (Phi) is 6.86. The monoisotopic (exact) mass is 368 g/mol. The normalized spacial score (nSPS) is 16.4. The van der Waals surface area contributed by atoms with Crippen molar-refractivity contribution in [2.24, 2.45) is 0 Å². The number of nitrogens with one attached hydrogen (secondary N) is 3. The van der Waals surface area contributed by atoms with Crippen molar-refractivity contribution in [1.29, 1.82) is 0 Å². The number of quaternary nitrogens is 1. The Morgan fingerprint density at radius 1 is 1.00 bits per heavy atom. The molecule has 0 aliphatic carbocycles. The van der Waals surface area contributed by atoms with Gasteiger partial charge in [0.25, 0.3) is 11.8 Å². The van der Waals surface area contributed by atoms with Gasteiger partial charge in [-0.3, -0.25) is 20.4 Å². The van der Waals surface area contributed by atoms with Gasteiger partial charge < -0.3 is 4.90 Å². The van der Waals surface area contributed by atoms with Crippen LogP contribution in [0.2, 0.25) is 0 Å². The molecular formula is C16H23BrN3O2+. The lowest BCUT2D eigenvalue weighted by Gasteiger charge is -2.21. The number of hydrogen-bond donors (Lipinski definition) is 3. The molecule has 1 aliphatic heterocycles. The van der Waals surface area contributed by atoms with Crippen LogP contribution in [0, 0.1) is 0 Å². The van der Waals surface area contributed by atoms with Gasteiger partial charge in [-0.15, -0.1) is 0 Å². The van der Waals surface area contributed by atoms with Gasteiger partial charge in [0, 0.05) is 4.47 Å². The van der Waals surface area contributed by atoms with Crippen molar-refractivity contribution in [2.75, 3.05) is 19.6 Å². The summed E-state index contributed by atoms with van der Waals surface area (Å²) in [7, 11) is 0. The first-order valence-electron chi connectivity index (χ1n) is 7.84. The summed E-state index contributed by atoms with van der Waals surface area (Å²) in [5.74, 6) is -0.459. The molecule has 6 heteroatoms. The highest BCUT2D eigenvalue weighted by Gasteiger charge is 2.16. The molecule has 120 valence electrons. The molecule has 0 aromatic heterocycles. The minimum Gasteiger partial charge on any atom is -0.327 e. The summed E-state index contributed by atoms with van der Waals surface area (Å²) in [4.78, 5) is 25.3. The minimum absolute atomic E-state index is 0.143. The third-order valence-corrected chi connectivity index (χ3v) is 4.60. The van der Waals surface area contributed by atoms with Gasteiger partial charge >= 0.3 is 0 Å². The number of carbonyl (C=O) groups is 2. The molecule has 2 rings (SSSR count). The molecule has 1 heterocycles. The Morgan fingerprint density at radius 2 is 1.64 bits per heavy atom. The van der Waals surface area contributed by atoms with Crippen molar-refractivity contribution < 1.29 is 14.5 Å². The third kappa shape index (κ3) is 5.42. The molecule has 1 saturated heterocycles. The fraction of sp³-hybridized carbons (Fsp3) is 0.500. The zero-order chi connectivity index (χ0) is 15.8. The Balaban J connectivity index is 1.77. The van der Waals surface area contributed by atoms with E-state index in [1.165, 1.54) is 37.0 Å². The number of amides is 2. The molecule has 3 N–H and O–H groups in total. The highest BCUT2D eigenvalue weighted by Crippen LogP contribution is 2.15. The van der Waals surface area contributed by atoms with Crippen molar-refractivity contribution in [3.05, 3.63) is 34.3 Å². The summed E-state index contributed by atoms with van der Waals surface area (Å²) in [6, 6.07) is 7.12. The second kappa shape index (κ2) is 8.90. The van der Waals surface area contributed by atoms with Gasteiger partial charge in [-0.05, 0) is 53.7 Å². The average Bonchev–Trinajstić information content (AvgIpc) is 2.48. The van der Waals surface area contributed by atoms with E-state index in [1.807, 2.05) is 6.07 Å². The molecular weight excluding hydrogens is 346 g/mol. The Bertz CT molecular complexity index is 514. The van der Waals surface area contributed by atoms with Gasteiger partial charge in [0.1, 0.15) is 0 Å². The first-order valence-corrected chi connectivity index (χ1v) is 8.63. The van der Waals surface area contributed by atoms with E-state index in [0.29, 0.717) is 16.6 Å². The Hall–Kier alpha value is -1.40. The maximum absolute atomic E-state index is 12.0. The fourth-order valence-corrected chi connectivity index (χ4v) is 3.16. The van der Waals surface area contributed by atoms with E-state index in [9.17, 15) is 9.59 Å². The molecule has 22 heavy (non-hydrogen) atoms. The smallest absolute Gasteiger partial charge is 0.293 e. The Labute approximate surface area is 139 Å². The largest absolute Gasteiger partial charge is 0.327 e. The first-order chi connectivity index (χ1) is 10.7. The number of carbonyl (C=O) groups excluding carboxylic acids is 2. The summed E-state index contributed by atoms with van der Waals surface area (Å²) in [6.45, 7) is 2.48. The van der Waals surface area contributed by atoms with Crippen LogP contribution in [0.3, 0.4) is 0 Å². The summed E-state index contributed by atoms with van der Waals surface area (Å²) in [5.41, 5.74) is 5.49. The lowest BCUT2D eigenvalue weighted by Crippen LogP contribution is -3.13. The van der Waals surface area contributed by atoms with Gasteiger partial charge in [0.2, 0.25) is 0 Å². The predicted molar refractivity (Wildman–Crippen MR) is 88.4 cm³/mol. The number of hydrogen-bond acceptors (Lipinski definition) is 2.